The van der Waals surface area contributed by atoms with Gasteiger partial charge in [-0.25, -0.2) is 4.98 Å². The molecule has 0 fully saturated rings. The Hall–Kier alpha value is -0.153. The second kappa shape index (κ2) is 4.15. The zero-order valence-corrected chi connectivity index (χ0v) is 12.3. The minimum absolute atomic E-state index is 0.200. The highest BCUT2D eigenvalue weighted by Crippen LogP contribution is 2.21. The lowest BCUT2D eigenvalue weighted by molar-refractivity contribution is 0.588. The molecular formula is C11H18BrNSi. The van der Waals surface area contributed by atoms with Crippen LogP contribution < -0.4 is 5.19 Å². The van der Waals surface area contributed by atoms with Gasteiger partial charge in [0.15, 0.2) is 0 Å². The lowest BCUT2D eigenvalue weighted by Gasteiger charge is -2.20. The van der Waals surface area contributed by atoms with Crippen molar-refractivity contribution in [3.05, 3.63) is 22.4 Å². The summed E-state index contributed by atoms with van der Waals surface area (Å²) in [4.78, 5) is 4.42. The van der Waals surface area contributed by atoms with Crippen LogP contribution in [0, 0.1) is 0 Å². The third-order valence-electron chi connectivity index (χ3n) is 2.35. The van der Waals surface area contributed by atoms with Crippen LogP contribution in [0.15, 0.2) is 16.9 Å². The van der Waals surface area contributed by atoms with Gasteiger partial charge >= 0.3 is 0 Å². The van der Waals surface area contributed by atoms with Crippen LogP contribution >= 0.6 is 15.9 Å². The van der Waals surface area contributed by atoms with Crippen molar-refractivity contribution in [3.8, 4) is 0 Å². The Balaban J connectivity index is 3.20. The Bertz CT molecular complexity index is 329. The van der Waals surface area contributed by atoms with Crippen LogP contribution in [0.25, 0.3) is 0 Å². The van der Waals surface area contributed by atoms with E-state index in [1.165, 1.54) is 10.8 Å². The Morgan fingerprint density at radius 1 is 1.29 bits per heavy atom. The van der Waals surface area contributed by atoms with Gasteiger partial charge in [-0.2, -0.15) is 0 Å². The van der Waals surface area contributed by atoms with Crippen molar-refractivity contribution in [3.63, 3.8) is 0 Å². The number of halogens is 1. The highest BCUT2D eigenvalue weighted by molar-refractivity contribution is 9.10. The molecule has 0 saturated heterocycles. The van der Waals surface area contributed by atoms with Gasteiger partial charge in [-0.1, -0.05) is 39.9 Å². The predicted octanol–water partition coefficient (Wildman–Crippen LogP) is 2.84. The largest absolute Gasteiger partial charge is 0.249 e. The van der Waals surface area contributed by atoms with Crippen LogP contribution in [0.3, 0.4) is 0 Å². The van der Waals surface area contributed by atoms with Crippen molar-refractivity contribution in [2.24, 2.45) is 0 Å². The molecule has 14 heavy (non-hydrogen) atoms. The number of nitrogens with zero attached hydrogens (tertiary/aromatic N) is 1. The maximum atomic E-state index is 4.42. The van der Waals surface area contributed by atoms with Crippen LogP contribution in [0.5, 0.6) is 0 Å². The molecule has 1 heterocycles. The van der Waals surface area contributed by atoms with E-state index in [-0.39, 0.29) is 5.41 Å². The van der Waals surface area contributed by atoms with Crippen molar-refractivity contribution in [1.82, 2.24) is 4.98 Å². The molecule has 1 rings (SSSR count). The molecule has 0 aliphatic heterocycles. The van der Waals surface area contributed by atoms with E-state index in [1.54, 1.807) is 0 Å². The smallest absolute Gasteiger partial charge is 0.104 e. The van der Waals surface area contributed by atoms with Gasteiger partial charge in [-0.05, 0) is 32.1 Å². The van der Waals surface area contributed by atoms with Crippen LogP contribution in [-0.2, 0) is 5.41 Å². The summed E-state index contributed by atoms with van der Waals surface area (Å²) in [5.74, 6) is 0. The SMILES string of the molecule is C[SiH](C)c1cc(C(C)(C)C)cnc1Br. The van der Waals surface area contributed by atoms with E-state index in [4.69, 9.17) is 0 Å². The average molecular weight is 272 g/mol. The summed E-state index contributed by atoms with van der Waals surface area (Å²) in [7, 11) is -0.777. The Morgan fingerprint density at radius 3 is 2.29 bits per heavy atom. The Labute approximate surface area is 96.7 Å². The molecule has 3 heteroatoms. The highest BCUT2D eigenvalue weighted by atomic mass is 79.9. The van der Waals surface area contributed by atoms with E-state index in [9.17, 15) is 0 Å². The maximum absolute atomic E-state index is 4.42. The topological polar surface area (TPSA) is 12.9 Å². The molecule has 1 aromatic rings. The number of hydrogen-bond donors (Lipinski definition) is 0. The molecule has 1 aromatic heterocycles. The number of hydrogen-bond acceptors (Lipinski definition) is 1. The van der Waals surface area contributed by atoms with Crippen molar-refractivity contribution in [2.75, 3.05) is 0 Å². The molecule has 0 aliphatic rings. The number of aromatic nitrogens is 1. The van der Waals surface area contributed by atoms with Crippen molar-refractivity contribution < 1.29 is 0 Å². The molecule has 0 atom stereocenters. The molecule has 0 bridgehead atoms. The molecule has 78 valence electrons. The van der Waals surface area contributed by atoms with E-state index in [0.29, 0.717) is 0 Å². The summed E-state index contributed by atoms with van der Waals surface area (Å²) in [6.45, 7) is 11.3. The lowest BCUT2D eigenvalue weighted by atomic mass is 9.88. The lowest BCUT2D eigenvalue weighted by Crippen LogP contribution is -2.27. The fraction of sp³-hybridized carbons (Fsp3) is 0.545. The highest BCUT2D eigenvalue weighted by Gasteiger charge is 2.16. The minimum atomic E-state index is -0.777. The summed E-state index contributed by atoms with van der Waals surface area (Å²) in [6.07, 6.45) is 1.98. The normalized spacial score (nSPS) is 12.2. The van der Waals surface area contributed by atoms with Crippen LogP contribution in [0.4, 0.5) is 0 Å². The molecule has 0 aromatic carbocycles. The van der Waals surface area contributed by atoms with Crippen LogP contribution in [0.2, 0.25) is 13.1 Å². The maximum Gasteiger partial charge on any atom is 0.104 e. The van der Waals surface area contributed by atoms with Gasteiger partial charge < -0.3 is 0 Å². The van der Waals surface area contributed by atoms with E-state index < -0.39 is 8.80 Å². The van der Waals surface area contributed by atoms with Gasteiger partial charge in [-0.3, -0.25) is 0 Å². The van der Waals surface area contributed by atoms with E-state index in [2.05, 4.69) is 60.8 Å². The quantitative estimate of drug-likeness (QED) is 0.566. The third-order valence-corrected chi connectivity index (χ3v) is 5.12. The second-order valence-electron chi connectivity index (χ2n) is 5.01. The molecular weight excluding hydrogens is 254 g/mol. The standard InChI is InChI=1S/C11H18BrNSi/c1-11(2,3)8-6-9(14(4)5)10(12)13-7-8/h6-7,14H,1-5H3. The summed E-state index contributed by atoms with van der Waals surface area (Å²) < 4.78 is 1.03. The first-order chi connectivity index (χ1) is 6.32. The monoisotopic (exact) mass is 271 g/mol. The van der Waals surface area contributed by atoms with Gasteiger partial charge in [0.05, 0.1) is 8.80 Å². The minimum Gasteiger partial charge on any atom is -0.249 e. The Kier molecular flexibility index (Phi) is 3.53. The molecule has 0 saturated carbocycles. The zero-order chi connectivity index (χ0) is 10.9. The fourth-order valence-corrected chi connectivity index (χ4v) is 3.93. The first kappa shape index (κ1) is 11.9. The second-order valence-corrected chi connectivity index (χ2v) is 8.69. The summed E-state index contributed by atoms with van der Waals surface area (Å²) in [5.41, 5.74) is 1.53. The fourth-order valence-electron chi connectivity index (χ4n) is 1.28. The predicted molar refractivity (Wildman–Crippen MR) is 69.1 cm³/mol. The first-order valence-electron chi connectivity index (χ1n) is 4.98. The van der Waals surface area contributed by atoms with Crippen molar-refractivity contribution in [1.29, 1.82) is 0 Å². The average Bonchev–Trinajstić information content (AvgIpc) is 2.02. The molecule has 1 nitrogen and oxygen atoms in total. The molecule has 0 spiro atoms. The third kappa shape index (κ3) is 2.67. The van der Waals surface area contributed by atoms with Gasteiger partial charge in [0.25, 0.3) is 0 Å². The van der Waals surface area contributed by atoms with Gasteiger partial charge in [0.2, 0.25) is 0 Å². The van der Waals surface area contributed by atoms with Crippen LogP contribution in [0.1, 0.15) is 26.3 Å². The zero-order valence-electron chi connectivity index (χ0n) is 9.56. The summed E-state index contributed by atoms with van der Waals surface area (Å²) in [6, 6.07) is 2.31. The van der Waals surface area contributed by atoms with Crippen molar-refractivity contribution >= 4 is 29.9 Å². The van der Waals surface area contributed by atoms with Crippen molar-refractivity contribution in [2.45, 2.75) is 39.3 Å². The summed E-state index contributed by atoms with van der Waals surface area (Å²) >= 11 is 3.52. The van der Waals surface area contributed by atoms with Gasteiger partial charge in [-0.15, -0.1) is 0 Å². The van der Waals surface area contributed by atoms with Crippen LogP contribution in [-0.4, -0.2) is 13.8 Å². The van der Waals surface area contributed by atoms with E-state index in [1.807, 2.05) is 6.20 Å². The first-order valence-corrected chi connectivity index (χ1v) is 8.66. The molecule has 0 amide bonds. The molecule has 0 aliphatic carbocycles. The number of rotatable bonds is 1. The molecule has 0 N–H and O–H groups in total. The van der Waals surface area contributed by atoms with Gasteiger partial charge in [0, 0.05) is 6.20 Å². The Morgan fingerprint density at radius 2 is 1.86 bits per heavy atom. The van der Waals surface area contributed by atoms with E-state index >= 15 is 0 Å². The number of pyridine rings is 1. The van der Waals surface area contributed by atoms with Gasteiger partial charge in [0.1, 0.15) is 4.60 Å². The summed E-state index contributed by atoms with van der Waals surface area (Å²) in [5, 5.41) is 1.43. The van der Waals surface area contributed by atoms with E-state index in [0.717, 1.165) is 4.60 Å². The molecule has 0 unspecified atom stereocenters. The molecule has 0 radical (unpaired) electrons.